The van der Waals surface area contributed by atoms with Crippen molar-refractivity contribution < 1.29 is 13.5 Å². The number of aromatic amines is 1. The van der Waals surface area contributed by atoms with E-state index in [9.17, 15) is 8.78 Å². The average molecular weight is 380 g/mol. The Hall–Kier alpha value is -2.09. The van der Waals surface area contributed by atoms with Gasteiger partial charge in [-0.1, -0.05) is 35.9 Å². The molecule has 25 heavy (non-hydrogen) atoms. The highest BCUT2D eigenvalue weighted by Gasteiger charge is 2.54. The van der Waals surface area contributed by atoms with E-state index >= 15 is 0 Å². The summed E-state index contributed by atoms with van der Waals surface area (Å²) in [6.07, 6.45) is 0.983. The SMILES string of the molecule is Fc1ccc(C(c2ccccc2Cl)(C2CO2)n2[nH]cnc2=S)c(F)c1. The first-order valence-corrected chi connectivity index (χ1v) is 8.29. The molecule has 0 bridgehead atoms. The van der Waals surface area contributed by atoms with Crippen LogP contribution in [-0.2, 0) is 10.3 Å². The first-order chi connectivity index (χ1) is 12.0. The molecule has 128 valence electrons. The van der Waals surface area contributed by atoms with E-state index in [0.29, 0.717) is 17.2 Å². The van der Waals surface area contributed by atoms with Gasteiger partial charge in [0, 0.05) is 22.2 Å². The van der Waals surface area contributed by atoms with E-state index in [4.69, 9.17) is 28.6 Å². The van der Waals surface area contributed by atoms with Gasteiger partial charge in [0.2, 0.25) is 4.77 Å². The van der Waals surface area contributed by atoms with Gasteiger partial charge in [-0.15, -0.1) is 0 Å². The van der Waals surface area contributed by atoms with E-state index in [1.165, 1.54) is 23.1 Å². The molecule has 4 nitrogen and oxygen atoms in total. The van der Waals surface area contributed by atoms with Crippen LogP contribution < -0.4 is 0 Å². The van der Waals surface area contributed by atoms with Gasteiger partial charge in [-0.25, -0.2) is 18.4 Å². The van der Waals surface area contributed by atoms with Crippen LogP contribution in [0.25, 0.3) is 0 Å². The van der Waals surface area contributed by atoms with Crippen molar-refractivity contribution in [1.29, 1.82) is 0 Å². The van der Waals surface area contributed by atoms with Gasteiger partial charge in [-0.2, -0.15) is 0 Å². The molecule has 2 heterocycles. The highest BCUT2D eigenvalue weighted by atomic mass is 35.5. The number of nitrogens with one attached hydrogen (secondary N) is 1. The van der Waals surface area contributed by atoms with Gasteiger partial charge in [0.25, 0.3) is 0 Å². The quantitative estimate of drug-likeness (QED) is 0.549. The molecule has 1 aliphatic heterocycles. The van der Waals surface area contributed by atoms with Gasteiger partial charge in [0.05, 0.1) is 6.61 Å². The normalized spacial score (nSPS) is 18.8. The molecule has 0 saturated carbocycles. The molecule has 1 fully saturated rings. The van der Waals surface area contributed by atoms with E-state index in [1.807, 2.05) is 0 Å². The molecule has 1 saturated heterocycles. The molecule has 2 aromatic carbocycles. The van der Waals surface area contributed by atoms with Crippen molar-refractivity contribution in [3.8, 4) is 0 Å². The van der Waals surface area contributed by atoms with Crippen LogP contribution in [-0.4, -0.2) is 27.5 Å². The minimum Gasteiger partial charge on any atom is -0.370 e. The number of nitrogens with zero attached hydrogens (tertiary/aromatic N) is 2. The number of H-pyrrole nitrogens is 1. The Kier molecular flexibility index (Phi) is 3.94. The third-order valence-corrected chi connectivity index (χ3v) is 4.95. The third kappa shape index (κ3) is 2.50. The first kappa shape index (κ1) is 16.4. The van der Waals surface area contributed by atoms with Gasteiger partial charge < -0.3 is 4.74 Å². The summed E-state index contributed by atoms with van der Waals surface area (Å²) in [6.45, 7) is 0.378. The largest absolute Gasteiger partial charge is 0.370 e. The summed E-state index contributed by atoms with van der Waals surface area (Å²) < 4.78 is 35.7. The van der Waals surface area contributed by atoms with Crippen molar-refractivity contribution in [3.63, 3.8) is 0 Å². The maximum Gasteiger partial charge on any atom is 0.217 e. The molecule has 2 atom stereocenters. The van der Waals surface area contributed by atoms with Gasteiger partial charge in [0.15, 0.2) is 0 Å². The fourth-order valence-corrected chi connectivity index (χ4v) is 3.77. The first-order valence-electron chi connectivity index (χ1n) is 7.50. The highest BCUT2D eigenvalue weighted by Crippen LogP contribution is 2.46. The lowest BCUT2D eigenvalue weighted by Gasteiger charge is -2.35. The average Bonchev–Trinajstić information content (AvgIpc) is 3.34. The predicted molar refractivity (Wildman–Crippen MR) is 91.1 cm³/mol. The van der Waals surface area contributed by atoms with E-state index in [1.54, 1.807) is 24.3 Å². The molecule has 0 aliphatic carbocycles. The fourth-order valence-electron chi connectivity index (χ4n) is 3.24. The van der Waals surface area contributed by atoms with Crippen LogP contribution in [0.5, 0.6) is 0 Å². The van der Waals surface area contributed by atoms with Crippen molar-refractivity contribution in [3.05, 3.63) is 81.3 Å². The third-order valence-electron chi connectivity index (χ3n) is 4.33. The smallest absolute Gasteiger partial charge is 0.217 e. The molecule has 0 radical (unpaired) electrons. The summed E-state index contributed by atoms with van der Waals surface area (Å²) in [4.78, 5) is 4.05. The Morgan fingerprint density at radius 1 is 1.24 bits per heavy atom. The Bertz CT molecular complexity index is 1000. The van der Waals surface area contributed by atoms with E-state index in [2.05, 4.69) is 10.1 Å². The summed E-state index contributed by atoms with van der Waals surface area (Å²) in [5.74, 6) is -1.38. The number of aromatic nitrogens is 3. The second-order valence-corrected chi connectivity index (χ2v) is 6.47. The number of epoxide rings is 1. The lowest BCUT2D eigenvalue weighted by Crippen LogP contribution is -2.44. The number of hydrogen-bond donors (Lipinski definition) is 1. The van der Waals surface area contributed by atoms with Gasteiger partial charge in [0.1, 0.15) is 29.6 Å². The van der Waals surface area contributed by atoms with Crippen LogP contribution >= 0.6 is 23.8 Å². The monoisotopic (exact) mass is 379 g/mol. The lowest BCUT2D eigenvalue weighted by atomic mass is 9.79. The Balaban J connectivity index is 2.13. The van der Waals surface area contributed by atoms with Crippen molar-refractivity contribution in [2.45, 2.75) is 11.6 Å². The molecule has 2 unspecified atom stereocenters. The van der Waals surface area contributed by atoms with Crippen molar-refractivity contribution in [2.75, 3.05) is 6.61 Å². The van der Waals surface area contributed by atoms with Crippen LogP contribution in [0.2, 0.25) is 5.02 Å². The van der Waals surface area contributed by atoms with Crippen LogP contribution in [0.1, 0.15) is 11.1 Å². The summed E-state index contributed by atoms with van der Waals surface area (Å²) >= 11 is 11.8. The summed E-state index contributed by atoms with van der Waals surface area (Å²) in [7, 11) is 0. The standard InChI is InChI=1S/C17H12ClF2N3OS/c18-13-4-2-1-3-11(13)17(15-8-24-15,23-16(25)21-9-22-23)12-6-5-10(19)7-14(12)20/h1-7,9,15H,8H2,(H,21,22,25). The Morgan fingerprint density at radius 2 is 2.00 bits per heavy atom. The van der Waals surface area contributed by atoms with Crippen LogP contribution in [0.3, 0.4) is 0 Å². The molecule has 1 aromatic heterocycles. The number of halogens is 3. The molecule has 0 spiro atoms. The minimum absolute atomic E-state index is 0.199. The highest BCUT2D eigenvalue weighted by molar-refractivity contribution is 7.71. The molecule has 1 N–H and O–H groups in total. The zero-order chi connectivity index (χ0) is 17.6. The summed E-state index contributed by atoms with van der Waals surface area (Å²) in [6, 6.07) is 10.5. The fraction of sp³-hybridized carbons (Fsp3) is 0.176. The second-order valence-electron chi connectivity index (χ2n) is 5.70. The molecule has 1 aliphatic rings. The zero-order valence-corrected chi connectivity index (χ0v) is 14.3. The maximum atomic E-state index is 14.9. The van der Waals surface area contributed by atoms with Crippen LogP contribution in [0.4, 0.5) is 8.78 Å². The van der Waals surface area contributed by atoms with Gasteiger partial charge >= 0.3 is 0 Å². The number of rotatable bonds is 4. The Labute approximate surface area is 152 Å². The van der Waals surface area contributed by atoms with Gasteiger partial charge in [-0.05, 0) is 24.4 Å². The van der Waals surface area contributed by atoms with E-state index in [0.717, 1.165) is 6.07 Å². The second kappa shape index (κ2) is 6.01. The zero-order valence-electron chi connectivity index (χ0n) is 12.7. The molecule has 0 amide bonds. The molecule has 3 aromatic rings. The topological polar surface area (TPSA) is 46.1 Å². The van der Waals surface area contributed by atoms with Crippen LogP contribution in [0.15, 0.2) is 48.8 Å². The molecule has 8 heteroatoms. The van der Waals surface area contributed by atoms with Crippen molar-refractivity contribution in [2.24, 2.45) is 0 Å². The molecule has 4 rings (SSSR count). The van der Waals surface area contributed by atoms with Crippen LogP contribution in [0, 0.1) is 16.4 Å². The number of ether oxygens (including phenoxy) is 1. The summed E-state index contributed by atoms with van der Waals surface area (Å²) in [5.41, 5.74) is -0.432. The van der Waals surface area contributed by atoms with E-state index < -0.39 is 23.3 Å². The minimum atomic E-state index is -1.22. The van der Waals surface area contributed by atoms with Gasteiger partial charge in [-0.3, -0.25) is 5.10 Å². The van der Waals surface area contributed by atoms with Crippen molar-refractivity contribution >= 4 is 23.8 Å². The Morgan fingerprint density at radius 3 is 2.60 bits per heavy atom. The maximum absolute atomic E-state index is 14.9. The summed E-state index contributed by atoms with van der Waals surface area (Å²) in [5, 5.41) is 3.35. The number of benzene rings is 2. The van der Waals surface area contributed by atoms with E-state index in [-0.39, 0.29) is 10.3 Å². The lowest BCUT2D eigenvalue weighted by molar-refractivity contribution is 0.259. The molecular formula is C17H12ClF2N3OS. The molecular weight excluding hydrogens is 368 g/mol. The van der Waals surface area contributed by atoms with Crippen molar-refractivity contribution in [1.82, 2.24) is 14.8 Å². The number of hydrogen-bond acceptors (Lipinski definition) is 3. The predicted octanol–water partition coefficient (Wildman–Crippen LogP) is 4.06.